The van der Waals surface area contributed by atoms with Crippen LogP contribution in [0.3, 0.4) is 0 Å². The molecule has 7 heteroatoms. The molecule has 7 nitrogen and oxygen atoms in total. The van der Waals surface area contributed by atoms with Gasteiger partial charge in [-0.2, -0.15) is 0 Å². The molecule has 2 heterocycles. The third kappa shape index (κ3) is 3.94. The summed E-state index contributed by atoms with van der Waals surface area (Å²) in [5.41, 5.74) is 4.06. The molecule has 3 aromatic rings. The average molecular weight is 387 g/mol. The van der Waals surface area contributed by atoms with Gasteiger partial charge in [-0.15, -0.1) is 0 Å². The fraction of sp³-hybridized carbons (Fsp3) is 0.182. The molecular formula is C22H21N5O2. The average Bonchev–Trinajstić information content (AvgIpc) is 3.05. The maximum Gasteiger partial charge on any atom is 0.261 e. The molecule has 0 spiro atoms. The van der Waals surface area contributed by atoms with E-state index < -0.39 is 0 Å². The van der Waals surface area contributed by atoms with E-state index in [4.69, 9.17) is 0 Å². The summed E-state index contributed by atoms with van der Waals surface area (Å²) in [5, 5.41) is 5.80. The molecule has 2 amide bonds. The van der Waals surface area contributed by atoms with E-state index in [1.807, 2.05) is 42.2 Å². The van der Waals surface area contributed by atoms with Crippen LogP contribution in [0.5, 0.6) is 0 Å². The zero-order valence-electron chi connectivity index (χ0n) is 16.2. The van der Waals surface area contributed by atoms with Crippen molar-refractivity contribution in [3.8, 4) is 0 Å². The quantitative estimate of drug-likeness (QED) is 0.712. The Hall–Kier alpha value is -3.74. The molecule has 0 radical (unpaired) electrons. The molecule has 1 aromatic heterocycles. The molecule has 2 N–H and O–H groups in total. The number of para-hydroxylation sites is 1. The zero-order valence-corrected chi connectivity index (χ0v) is 16.2. The highest BCUT2D eigenvalue weighted by molar-refractivity contribution is 6.07. The van der Waals surface area contributed by atoms with Crippen LogP contribution in [0.15, 0.2) is 60.9 Å². The number of hydrogen-bond acceptors (Lipinski definition) is 5. The van der Waals surface area contributed by atoms with E-state index in [1.165, 1.54) is 24.9 Å². The van der Waals surface area contributed by atoms with Crippen LogP contribution in [0.4, 0.5) is 23.0 Å². The van der Waals surface area contributed by atoms with Gasteiger partial charge in [-0.1, -0.05) is 18.2 Å². The second-order valence-electron chi connectivity index (χ2n) is 7.04. The van der Waals surface area contributed by atoms with Crippen LogP contribution in [0, 0.1) is 0 Å². The van der Waals surface area contributed by atoms with Gasteiger partial charge in [0, 0.05) is 42.4 Å². The summed E-state index contributed by atoms with van der Waals surface area (Å²) in [4.78, 5) is 34.5. The van der Waals surface area contributed by atoms with Gasteiger partial charge in [0.05, 0.1) is 5.56 Å². The SMILES string of the molecule is CC(=O)Nc1ccc(Nc2ncc(C(=O)N3c4ccccc4CC3C)cn2)cc1. The van der Waals surface area contributed by atoms with Crippen LogP contribution >= 0.6 is 0 Å². The summed E-state index contributed by atoms with van der Waals surface area (Å²) in [5.74, 6) is 0.168. The van der Waals surface area contributed by atoms with Gasteiger partial charge in [-0.3, -0.25) is 9.59 Å². The fourth-order valence-corrected chi connectivity index (χ4v) is 3.49. The fourth-order valence-electron chi connectivity index (χ4n) is 3.49. The van der Waals surface area contributed by atoms with Crippen molar-refractivity contribution >= 4 is 34.8 Å². The van der Waals surface area contributed by atoms with E-state index in [2.05, 4.69) is 26.7 Å². The minimum atomic E-state index is -0.121. The van der Waals surface area contributed by atoms with E-state index in [1.54, 1.807) is 12.1 Å². The Bertz CT molecular complexity index is 1050. The predicted molar refractivity (Wildman–Crippen MR) is 112 cm³/mol. The Kier molecular flexibility index (Phi) is 4.95. The smallest absolute Gasteiger partial charge is 0.261 e. The van der Waals surface area contributed by atoms with Gasteiger partial charge < -0.3 is 15.5 Å². The van der Waals surface area contributed by atoms with Crippen molar-refractivity contribution in [1.82, 2.24) is 9.97 Å². The van der Waals surface area contributed by atoms with Crippen LogP contribution in [0.25, 0.3) is 0 Å². The molecule has 2 aromatic carbocycles. The first kappa shape index (κ1) is 18.6. The number of hydrogen-bond donors (Lipinski definition) is 2. The van der Waals surface area contributed by atoms with Crippen LogP contribution in [0.1, 0.15) is 29.8 Å². The highest BCUT2D eigenvalue weighted by Crippen LogP contribution is 2.32. The molecule has 146 valence electrons. The first-order chi connectivity index (χ1) is 14.0. The summed E-state index contributed by atoms with van der Waals surface area (Å²) >= 11 is 0. The number of amides is 2. The lowest BCUT2D eigenvalue weighted by molar-refractivity contribution is -0.114. The number of anilines is 4. The summed E-state index contributed by atoms with van der Waals surface area (Å²) in [7, 11) is 0. The van der Waals surface area contributed by atoms with Gasteiger partial charge in [0.15, 0.2) is 0 Å². The van der Waals surface area contributed by atoms with Crippen molar-refractivity contribution < 1.29 is 9.59 Å². The normalized spacial score (nSPS) is 15.0. The van der Waals surface area contributed by atoms with Crippen molar-refractivity contribution in [1.29, 1.82) is 0 Å². The second kappa shape index (κ2) is 7.71. The number of nitrogens with zero attached hydrogens (tertiary/aromatic N) is 3. The van der Waals surface area contributed by atoms with Crippen molar-refractivity contribution in [3.63, 3.8) is 0 Å². The largest absolute Gasteiger partial charge is 0.326 e. The first-order valence-corrected chi connectivity index (χ1v) is 9.39. The number of benzene rings is 2. The van der Waals surface area contributed by atoms with E-state index in [-0.39, 0.29) is 17.9 Å². The maximum absolute atomic E-state index is 13.0. The minimum absolute atomic E-state index is 0.0971. The number of rotatable bonds is 4. The van der Waals surface area contributed by atoms with Gasteiger partial charge in [0.25, 0.3) is 5.91 Å². The van der Waals surface area contributed by atoms with E-state index in [0.29, 0.717) is 17.2 Å². The minimum Gasteiger partial charge on any atom is -0.326 e. The Balaban J connectivity index is 1.47. The number of aromatic nitrogens is 2. The van der Waals surface area contributed by atoms with Gasteiger partial charge in [0.2, 0.25) is 11.9 Å². The highest BCUT2D eigenvalue weighted by atomic mass is 16.2. The lowest BCUT2D eigenvalue weighted by Crippen LogP contribution is -2.35. The molecule has 0 saturated heterocycles. The van der Waals surface area contributed by atoms with Crippen LogP contribution in [-0.2, 0) is 11.2 Å². The monoisotopic (exact) mass is 387 g/mol. The Morgan fingerprint density at radius 2 is 1.66 bits per heavy atom. The van der Waals surface area contributed by atoms with Gasteiger partial charge in [0.1, 0.15) is 0 Å². The second-order valence-corrected chi connectivity index (χ2v) is 7.04. The molecule has 0 aliphatic carbocycles. The third-order valence-corrected chi connectivity index (χ3v) is 4.79. The van der Waals surface area contributed by atoms with E-state index in [0.717, 1.165) is 17.8 Å². The summed E-state index contributed by atoms with van der Waals surface area (Å²) in [6.07, 6.45) is 3.92. The Labute approximate surface area is 168 Å². The predicted octanol–water partition coefficient (Wildman–Crippen LogP) is 3.77. The van der Waals surface area contributed by atoms with E-state index >= 15 is 0 Å². The molecular weight excluding hydrogens is 366 g/mol. The third-order valence-electron chi connectivity index (χ3n) is 4.79. The molecule has 1 aliphatic rings. The van der Waals surface area contributed by atoms with Crippen molar-refractivity contribution in [3.05, 3.63) is 72.1 Å². The van der Waals surface area contributed by atoms with E-state index in [9.17, 15) is 9.59 Å². The molecule has 1 aliphatic heterocycles. The van der Waals surface area contributed by atoms with Crippen molar-refractivity contribution in [2.45, 2.75) is 26.3 Å². The highest BCUT2D eigenvalue weighted by Gasteiger charge is 2.31. The first-order valence-electron chi connectivity index (χ1n) is 9.39. The Morgan fingerprint density at radius 3 is 2.34 bits per heavy atom. The summed E-state index contributed by atoms with van der Waals surface area (Å²) in [6.45, 7) is 3.50. The molecule has 0 saturated carbocycles. The number of carbonyl (C=O) groups is 2. The van der Waals surface area contributed by atoms with Crippen molar-refractivity contribution in [2.75, 3.05) is 15.5 Å². The molecule has 4 rings (SSSR count). The lowest BCUT2D eigenvalue weighted by Gasteiger charge is -2.22. The van der Waals surface area contributed by atoms with Gasteiger partial charge >= 0.3 is 0 Å². The number of fused-ring (bicyclic) bond motifs is 1. The summed E-state index contributed by atoms with van der Waals surface area (Å²) < 4.78 is 0. The van der Waals surface area contributed by atoms with Crippen molar-refractivity contribution in [2.24, 2.45) is 0 Å². The molecule has 0 bridgehead atoms. The molecule has 29 heavy (non-hydrogen) atoms. The molecule has 1 unspecified atom stereocenters. The van der Waals surface area contributed by atoms with Crippen LogP contribution < -0.4 is 15.5 Å². The molecule has 1 atom stereocenters. The van der Waals surface area contributed by atoms with Gasteiger partial charge in [-0.25, -0.2) is 9.97 Å². The lowest BCUT2D eigenvalue weighted by atomic mass is 10.1. The maximum atomic E-state index is 13.0. The van der Waals surface area contributed by atoms with Gasteiger partial charge in [-0.05, 0) is 49.2 Å². The zero-order chi connectivity index (χ0) is 20.4. The topological polar surface area (TPSA) is 87.2 Å². The standard InChI is InChI=1S/C22H21N5O2/c1-14-11-16-5-3-4-6-20(16)27(14)21(29)17-12-23-22(24-13-17)26-19-9-7-18(8-10-19)25-15(2)28/h3-10,12-14H,11H2,1-2H3,(H,25,28)(H,23,24,26). The number of nitrogens with one attached hydrogen (secondary N) is 2. The summed E-state index contributed by atoms with van der Waals surface area (Å²) in [6, 6.07) is 15.3. The molecule has 0 fully saturated rings. The van der Waals surface area contributed by atoms with Crippen LogP contribution in [-0.4, -0.2) is 27.8 Å². The number of carbonyl (C=O) groups excluding carboxylic acids is 2. The Morgan fingerprint density at radius 1 is 1.00 bits per heavy atom. The van der Waals surface area contributed by atoms with Crippen LogP contribution in [0.2, 0.25) is 0 Å².